The number of unbranched alkanes of at least 4 members (excludes halogenated alkanes) is 1. The Balaban J connectivity index is 1.37. The number of esters is 2. The number of rotatable bonds is 6. The first-order valence-electron chi connectivity index (χ1n) is 10.8. The van der Waals surface area contributed by atoms with Crippen molar-refractivity contribution in [3.05, 3.63) is 17.8 Å². The van der Waals surface area contributed by atoms with Gasteiger partial charge in [-0.05, 0) is 46.1 Å². The van der Waals surface area contributed by atoms with Crippen LogP contribution in [0.15, 0.2) is 12.2 Å². The number of hydrogen-bond acceptors (Lipinski definition) is 8. The first kappa shape index (κ1) is 20.9. The van der Waals surface area contributed by atoms with Crippen molar-refractivity contribution in [1.82, 2.24) is 20.0 Å². The van der Waals surface area contributed by atoms with E-state index < -0.39 is 18.0 Å². The molecule has 4 rings (SSSR count). The average Bonchev–Trinajstić information content (AvgIpc) is 3.05. The molecule has 0 aliphatic carbocycles. The molecule has 1 fully saturated rings. The summed E-state index contributed by atoms with van der Waals surface area (Å²) in [6, 6.07) is 1.02. The molecule has 0 amide bonds. The maximum Gasteiger partial charge on any atom is 0.336 e. The molecule has 4 heterocycles. The van der Waals surface area contributed by atoms with Crippen molar-refractivity contribution in [3.8, 4) is 11.6 Å². The summed E-state index contributed by atoms with van der Waals surface area (Å²) in [7, 11) is 0. The van der Waals surface area contributed by atoms with Crippen molar-refractivity contribution in [3.63, 3.8) is 0 Å². The number of piperazine rings is 1. The topological polar surface area (TPSA) is 94.9 Å². The monoisotopic (exact) mass is 418 g/mol. The van der Waals surface area contributed by atoms with Gasteiger partial charge in [0.1, 0.15) is 11.8 Å². The third-order valence-corrected chi connectivity index (χ3v) is 5.61. The van der Waals surface area contributed by atoms with Crippen molar-refractivity contribution >= 4 is 11.9 Å². The number of aromatic nitrogens is 2. The lowest BCUT2D eigenvalue weighted by Crippen LogP contribution is -2.54. The molecule has 3 aliphatic rings. The fourth-order valence-electron chi connectivity index (χ4n) is 4.47. The van der Waals surface area contributed by atoms with Gasteiger partial charge in [0.25, 0.3) is 5.88 Å². The van der Waals surface area contributed by atoms with E-state index in [1.54, 1.807) is 4.68 Å². The third kappa shape index (κ3) is 4.84. The molecule has 0 aromatic carbocycles. The molecule has 3 aliphatic heterocycles. The van der Waals surface area contributed by atoms with Crippen LogP contribution in [0.4, 0.5) is 0 Å². The molecule has 1 N–H and O–H groups in total. The SMILES string of the molecule is C[C@@H]1CN(CCCCOc2nn3c4c2OC(=O)/C=C\C(=O)OC4CCC3)C[C@H](C)N1. The van der Waals surface area contributed by atoms with E-state index in [4.69, 9.17) is 14.2 Å². The van der Waals surface area contributed by atoms with E-state index in [9.17, 15) is 9.59 Å². The predicted octanol–water partition coefficient (Wildman–Crippen LogP) is 1.58. The second-order valence-electron chi connectivity index (χ2n) is 8.35. The van der Waals surface area contributed by atoms with Crippen molar-refractivity contribution in [2.45, 2.75) is 64.3 Å². The van der Waals surface area contributed by atoms with Gasteiger partial charge in [-0.2, -0.15) is 0 Å². The molecule has 0 bridgehead atoms. The van der Waals surface area contributed by atoms with E-state index in [1.807, 2.05) is 0 Å². The maximum atomic E-state index is 12.1. The Morgan fingerprint density at radius 3 is 2.73 bits per heavy atom. The first-order chi connectivity index (χ1) is 14.5. The molecule has 9 nitrogen and oxygen atoms in total. The van der Waals surface area contributed by atoms with Crippen molar-refractivity contribution in [2.75, 3.05) is 26.2 Å². The summed E-state index contributed by atoms with van der Waals surface area (Å²) in [5, 5.41) is 8.02. The maximum absolute atomic E-state index is 12.1. The Hall–Kier alpha value is -2.39. The Bertz CT molecular complexity index is 811. The summed E-state index contributed by atoms with van der Waals surface area (Å²) in [5.74, 6) is -0.631. The minimum absolute atomic E-state index is 0.272. The summed E-state index contributed by atoms with van der Waals surface area (Å²) < 4.78 is 18.6. The highest BCUT2D eigenvalue weighted by molar-refractivity contribution is 5.93. The number of nitrogens with one attached hydrogen (secondary N) is 1. The van der Waals surface area contributed by atoms with E-state index in [0.717, 1.165) is 51.0 Å². The number of hydrogen-bond donors (Lipinski definition) is 1. The van der Waals surface area contributed by atoms with Crippen LogP contribution in [-0.2, 0) is 20.9 Å². The molecule has 1 saturated heterocycles. The normalized spacial score (nSPS) is 27.9. The summed E-state index contributed by atoms with van der Waals surface area (Å²) in [6.45, 7) is 8.74. The van der Waals surface area contributed by atoms with Gasteiger partial charge in [0, 0.05) is 43.9 Å². The van der Waals surface area contributed by atoms with Gasteiger partial charge in [-0.1, -0.05) is 0 Å². The van der Waals surface area contributed by atoms with Crippen LogP contribution in [0.1, 0.15) is 51.3 Å². The van der Waals surface area contributed by atoms with Gasteiger partial charge in [-0.15, -0.1) is 5.10 Å². The highest BCUT2D eigenvalue weighted by atomic mass is 16.6. The summed E-state index contributed by atoms with van der Waals surface area (Å²) >= 11 is 0. The molecule has 30 heavy (non-hydrogen) atoms. The van der Waals surface area contributed by atoms with Crippen LogP contribution in [-0.4, -0.2) is 64.9 Å². The Morgan fingerprint density at radius 1 is 1.17 bits per heavy atom. The van der Waals surface area contributed by atoms with Crippen LogP contribution in [0.5, 0.6) is 11.6 Å². The summed E-state index contributed by atoms with van der Waals surface area (Å²) in [4.78, 5) is 26.4. The highest BCUT2D eigenvalue weighted by Crippen LogP contribution is 2.41. The van der Waals surface area contributed by atoms with Crippen molar-refractivity contribution in [2.24, 2.45) is 0 Å². The fraction of sp³-hybridized carbons (Fsp3) is 0.667. The van der Waals surface area contributed by atoms with Gasteiger partial charge in [-0.3, -0.25) is 4.68 Å². The zero-order valence-corrected chi connectivity index (χ0v) is 17.6. The lowest BCUT2D eigenvalue weighted by molar-refractivity contribution is -0.144. The lowest BCUT2D eigenvalue weighted by atomic mass is 10.1. The van der Waals surface area contributed by atoms with E-state index in [1.165, 1.54) is 0 Å². The molecular weight excluding hydrogens is 388 g/mol. The number of aryl methyl sites for hydroxylation is 1. The molecule has 1 aromatic rings. The highest BCUT2D eigenvalue weighted by Gasteiger charge is 2.34. The molecular formula is C21H30N4O5. The predicted molar refractivity (Wildman–Crippen MR) is 108 cm³/mol. The smallest absolute Gasteiger partial charge is 0.336 e. The lowest BCUT2D eigenvalue weighted by Gasteiger charge is -2.36. The zero-order valence-electron chi connectivity index (χ0n) is 17.6. The van der Waals surface area contributed by atoms with Gasteiger partial charge < -0.3 is 24.4 Å². The third-order valence-electron chi connectivity index (χ3n) is 5.61. The molecule has 0 saturated carbocycles. The molecule has 3 atom stereocenters. The largest absolute Gasteiger partial charge is 0.474 e. The van der Waals surface area contributed by atoms with E-state index in [0.29, 0.717) is 43.2 Å². The van der Waals surface area contributed by atoms with Crippen molar-refractivity contribution in [1.29, 1.82) is 0 Å². The first-order valence-corrected chi connectivity index (χ1v) is 10.8. The molecule has 0 radical (unpaired) electrons. The molecule has 164 valence electrons. The van der Waals surface area contributed by atoms with Gasteiger partial charge in [0.15, 0.2) is 0 Å². The van der Waals surface area contributed by atoms with E-state index in [-0.39, 0.29) is 5.75 Å². The number of nitrogens with zero attached hydrogens (tertiary/aromatic N) is 3. The molecule has 0 spiro atoms. The number of carbonyl (C=O) groups is 2. The minimum atomic E-state index is -0.638. The fourth-order valence-corrected chi connectivity index (χ4v) is 4.47. The summed E-state index contributed by atoms with van der Waals surface area (Å²) in [6.07, 6.45) is 5.06. The van der Waals surface area contributed by atoms with E-state index >= 15 is 0 Å². The van der Waals surface area contributed by atoms with Gasteiger partial charge in [-0.25, -0.2) is 9.59 Å². The van der Waals surface area contributed by atoms with Crippen LogP contribution in [0.3, 0.4) is 0 Å². The van der Waals surface area contributed by atoms with Crippen LogP contribution in [0.2, 0.25) is 0 Å². The Labute approximate surface area is 176 Å². The standard InChI is InChI=1S/C21H30N4O5/c1-14-12-24(13-15(2)22-14)9-3-4-11-28-21-20-19-16(6-5-10-25(19)23-21)29-17(26)7-8-18(27)30-20/h7-8,14-16,22H,3-6,9-13H2,1-2H3/b8-7-/t14-,15+,16?. The van der Waals surface area contributed by atoms with Crippen LogP contribution in [0.25, 0.3) is 0 Å². The Morgan fingerprint density at radius 2 is 1.93 bits per heavy atom. The molecule has 9 heteroatoms. The Kier molecular flexibility index (Phi) is 6.38. The van der Waals surface area contributed by atoms with Crippen molar-refractivity contribution < 1.29 is 23.8 Å². The molecule has 1 aromatic heterocycles. The minimum Gasteiger partial charge on any atom is -0.474 e. The quantitative estimate of drug-likeness (QED) is 0.550. The average molecular weight is 418 g/mol. The van der Waals surface area contributed by atoms with E-state index in [2.05, 4.69) is 29.2 Å². The second kappa shape index (κ2) is 9.18. The molecule has 1 unspecified atom stereocenters. The summed E-state index contributed by atoms with van der Waals surface area (Å²) in [5.41, 5.74) is 0.602. The number of ether oxygens (including phenoxy) is 3. The van der Waals surface area contributed by atoms with Gasteiger partial charge in [0.2, 0.25) is 5.75 Å². The van der Waals surface area contributed by atoms with Crippen LogP contribution >= 0.6 is 0 Å². The van der Waals surface area contributed by atoms with Crippen LogP contribution in [0, 0.1) is 0 Å². The second-order valence-corrected chi connectivity index (χ2v) is 8.35. The van der Waals surface area contributed by atoms with Gasteiger partial charge >= 0.3 is 11.9 Å². The number of carbonyl (C=O) groups excluding carboxylic acids is 2. The zero-order chi connectivity index (χ0) is 21.1. The van der Waals surface area contributed by atoms with Crippen LogP contribution < -0.4 is 14.8 Å². The van der Waals surface area contributed by atoms with Gasteiger partial charge in [0.05, 0.1) is 6.61 Å².